The molecule has 0 spiro atoms. The first-order chi connectivity index (χ1) is 4.84. The third kappa shape index (κ3) is 1.71. The molecule has 1 aliphatic rings. The van der Waals surface area contributed by atoms with E-state index in [0.29, 0.717) is 0 Å². The SMILES string of the molecule is CN=C/N=C1\SCCN1N. The molecule has 0 aromatic heterocycles. The number of hydrazine groups is 1. The Morgan fingerprint density at radius 1 is 1.80 bits per heavy atom. The van der Waals surface area contributed by atoms with Gasteiger partial charge in [-0.2, -0.15) is 0 Å². The molecule has 56 valence electrons. The second-order valence-corrected chi connectivity index (χ2v) is 2.89. The lowest BCUT2D eigenvalue weighted by Gasteiger charge is -2.06. The van der Waals surface area contributed by atoms with E-state index in [1.807, 2.05) is 0 Å². The van der Waals surface area contributed by atoms with Crippen LogP contribution >= 0.6 is 11.8 Å². The third-order valence-corrected chi connectivity index (χ3v) is 2.08. The summed E-state index contributed by atoms with van der Waals surface area (Å²) in [6.07, 6.45) is 1.51. The zero-order chi connectivity index (χ0) is 7.40. The third-order valence-electron chi connectivity index (χ3n) is 1.09. The fourth-order valence-electron chi connectivity index (χ4n) is 0.632. The minimum atomic E-state index is 0.852. The minimum absolute atomic E-state index is 0.852. The largest absolute Gasteiger partial charge is 0.288 e. The van der Waals surface area contributed by atoms with Crippen LogP contribution in [0.25, 0.3) is 0 Å². The summed E-state index contributed by atoms with van der Waals surface area (Å²) in [4.78, 5) is 7.74. The van der Waals surface area contributed by atoms with Crippen molar-refractivity contribution >= 4 is 23.3 Å². The summed E-state index contributed by atoms with van der Waals surface area (Å²) >= 11 is 1.65. The van der Waals surface area contributed by atoms with Crippen LogP contribution < -0.4 is 5.84 Å². The van der Waals surface area contributed by atoms with Crippen molar-refractivity contribution in [2.24, 2.45) is 15.8 Å². The van der Waals surface area contributed by atoms with Crippen molar-refractivity contribution in [3.8, 4) is 0 Å². The van der Waals surface area contributed by atoms with E-state index in [-0.39, 0.29) is 0 Å². The molecule has 0 aliphatic carbocycles. The second-order valence-electron chi connectivity index (χ2n) is 1.83. The highest BCUT2D eigenvalue weighted by Gasteiger charge is 2.14. The van der Waals surface area contributed by atoms with E-state index in [1.165, 1.54) is 6.34 Å². The van der Waals surface area contributed by atoms with Gasteiger partial charge in [0, 0.05) is 19.3 Å². The van der Waals surface area contributed by atoms with Gasteiger partial charge in [0.1, 0.15) is 6.34 Å². The number of nitrogens with zero attached hydrogens (tertiary/aromatic N) is 3. The first-order valence-corrected chi connectivity index (χ1v) is 3.96. The summed E-state index contributed by atoms with van der Waals surface area (Å²) in [6, 6.07) is 0. The molecule has 0 amide bonds. The van der Waals surface area contributed by atoms with Gasteiger partial charge in [-0.05, 0) is 0 Å². The molecule has 5 heteroatoms. The number of hydrogen-bond donors (Lipinski definition) is 1. The fraction of sp³-hybridized carbons (Fsp3) is 0.600. The van der Waals surface area contributed by atoms with E-state index in [2.05, 4.69) is 9.98 Å². The molecule has 0 aromatic carbocycles. The molecule has 0 bridgehead atoms. The van der Waals surface area contributed by atoms with E-state index in [4.69, 9.17) is 5.84 Å². The predicted octanol–water partition coefficient (Wildman–Crippen LogP) is -0.0770. The summed E-state index contributed by atoms with van der Waals surface area (Å²) in [5.74, 6) is 6.56. The number of nitrogens with two attached hydrogens (primary N) is 1. The van der Waals surface area contributed by atoms with Crippen molar-refractivity contribution < 1.29 is 0 Å². The van der Waals surface area contributed by atoms with Gasteiger partial charge in [0.15, 0.2) is 5.17 Å². The van der Waals surface area contributed by atoms with Crippen LogP contribution in [0.3, 0.4) is 0 Å². The monoisotopic (exact) mass is 158 g/mol. The van der Waals surface area contributed by atoms with Crippen LogP contribution in [-0.2, 0) is 0 Å². The van der Waals surface area contributed by atoms with Crippen LogP contribution in [0.1, 0.15) is 0 Å². The maximum atomic E-state index is 5.54. The van der Waals surface area contributed by atoms with E-state index >= 15 is 0 Å². The maximum absolute atomic E-state index is 5.54. The van der Waals surface area contributed by atoms with Gasteiger partial charge in [-0.3, -0.25) is 10.0 Å². The van der Waals surface area contributed by atoms with Crippen molar-refractivity contribution in [3.05, 3.63) is 0 Å². The zero-order valence-corrected chi connectivity index (χ0v) is 6.64. The van der Waals surface area contributed by atoms with Crippen LogP contribution in [0.2, 0.25) is 0 Å². The summed E-state index contributed by atoms with van der Waals surface area (Å²) in [5, 5.41) is 2.48. The van der Waals surface area contributed by atoms with Crippen molar-refractivity contribution in [1.82, 2.24) is 5.01 Å². The molecule has 2 N–H and O–H groups in total. The van der Waals surface area contributed by atoms with Gasteiger partial charge in [0.2, 0.25) is 0 Å². The Morgan fingerprint density at radius 2 is 2.60 bits per heavy atom. The van der Waals surface area contributed by atoms with Crippen molar-refractivity contribution in [2.45, 2.75) is 0 Å². The molecule has 0 saturated carbocycles. The minimum Gasteiger partial charge on any atom is -0.288 e. The van der Waals surface area contributed by atoms with Crippen LogP contribution in [0.5, 0.6) is 0 Å². The molecular formula is C5H10N4S. The van der Waals surface area contributed by atoms with Crippen LogP contribution in [-0.4, -0.2) is 35.9 Å². The van der Waals surface area contributed by atoms with Crippen LogP contribution in [0.15, 0.2) is 9.98 Å². The zero-order valence-electron chi connectivity index (χ0n) is 5.82. The Hall–Kier alpha value is -0.550. The summed E-state index contributed by atoms with van der Waals surface area (Å²) in [5.41, 5.74) is 0. The highest BCUT2D eigenvalue weighted by Crippen LogP contribution is 2.13. The molecule has 0 unspecified atom stereocenters. The average Bonchev–Trinajstić information content (AvgIpc) is 2.31. The molecule has 1 heterocycles. The fourth-order valence-corrected chi connectivity index (χ4v) is 1.48. The lowest BCUT2D eigenvalue weighted by molar-refractivity contribution is 0.490. The number of amidine groups is 1. The van der Waals surface area contributed by atoms with Crippen LogP contribution in [0.4, 0.5) is 0 Å². The summed E-state index contributed by atoms with van der Waals surface area (Å²) in [7, 11) is 1.69. The Morgan fingerprint density at radius 3 is 3.10 bits per heavy atom. The molecule has 1 saturated heterocycles. The predicted molar refractivity (Wildman–Crippen MR) is 45.2 cm³/mol. The Balaban J connectivity index is 2.53. The normalized spacial score (nSPS) is 23.4. The van der Waals surface area contributed by atoms with Crippen molar-refractivity contribution in [3.63, 3.8) is 0 Å². The quantitative estimate of drug-likeness (QED) is 0.330. The van der Waals surface area contributed by atoms with E-state index in [9.17, 15) is 0 Å². The highest BCUT2D eigenvalue weighted by molar-refractivity contribution is 8.14. The highest BCUT2D eigenvalue weighted by atomic mass is 32.2. The first kappa shape index (κ1) is 7.56. The molecule has 0 radical (unpaired) electrons. The molecule has 1 aliphatic heterocycles. The van der Waals surface area contributed by atoms with Crippen molar-refractivity contribution in [1.29, 1.82) is 0 Å². The Labute approximate surface area is 64.2 Å². The van der Waals surface area contributed by atoms with E-state index in [0.717, 1.165) is 17.5 Å². The van der Waals surface area contributed by atoms with Gasteiger partial charge in [-0.25, -0.2) is 10.8 Å². The lowest BCUT2D eigenvalue weighted by atomic mass is 10.7. The van der Waals surface area contributed by atoms with E-state index < -0.39 is 0 Å². The van der Waals surface area contributed by atoms with Crippen molar-refractivity contribution in [2.75, 3.05) is 19.3 Å². The molecule has 1 rings (SSSR count). The first-order valence-electron chi connectivity index (χ1n) is 2.98. The van der Waals surface area contributed by atoms with E-state index in [1.54, 1.807) is 23.8 Å². The standard InChI is InChI=1S/C5H10N4S/c1-7-4-8-5-9(6)2-3-10-5/h4H,2-3,6H2,1H3/b7-4?,8-5-. The number of aliphatic imine (C=N–C) groups is 2. The number of hydrogen-bond acceptors (Lipinski definition) is 3. The maximum Gasteiger partial charge on any atom is 0.179 e. The summed E-state index contributed by atoms with van der Waals surface area (Å²) < 4.78 is 0. The summed E-state index contributed by atoms with van der Waals surface area (Å²) in [6.45, 7) is 0.876. The van der Waals surface area contributed by atoms with Crippen LogP contribution in [0, 0.1) is 0 Å². The molecular weight excluding hydrogens is 148 g/mol. The van der Waals surface area contributed by atoms with Gasteiger partial charge < -0.3 is 0 Å². The van der Waals surface area contributed by atoms with Gasteiger partial charge in [-0.15, -0.1) is 0 Å². The number of thioether (sulfide) groups is 1. The van der Waals surface area contributed by atoms with Gasteiger partial charge in [0.25, 0.3) is 0 Å². The Kier molecular flexibility index (Phi) is 2.70. The average molecular weight is 158 g/mol. The van der Waals surface area contributed by atoms with Gasteiger partial charge >= 0.3 is 0 Å². The Bertz CT molecular complexity index is 165. The van der Waals surface area contributed by atoms with Gasteiger partial charge in [-0.1, -0.05) is 11.8 Å². The molecule has 0 atom stereocenters. The molecule has 1 fully saturated rings. The lowest BCUT2D eigenvalue weighted by Crippen LogP contribution is -2.31. The molecule has 4 nitrogen and oxygen atoms in total. The smallest absolute Gasteiger partial charge is 0.179 e. The number of rotatable bonds is 1. The molecule has 10 heavy (non-hydrogen) atoms. The second kappa shape index (κ2) is 3.58. The van der Waals surface area contributed by atoms with Gasteiger partial charge in [0.05, 0.1) is 0 Å². The molecule has 0 aromatic rings. The topological polar surface area (TPSA) is 54.0 Å².